The number of rotatable bonds is 2. The third-order valence-electron chi connectivity index (χ3n) is 2.98. The Labute approximate surface area is 111 Å². The maximum atomic E-state index is 11.8. The van der Waals surface area contributed by atoms with Gasteiger partial charge in [-0.05, 0) is 25.5 Å². The first kappa shape index (κ1) is 12.8. The molecule has 0 aliphatic rings. The van der Waals surface area contributed by atoms with E-state index in [2.05, 4.69) is 9.97 Å². The van der Waals surface area contributed by atoms with Crippen molar-refractivity contribution >= 4 is 11.6 Å². The average Bonchev–Trinajstić information content (AvgIpc) is 2.36. The van der Waals surface area contributed by atoms with Gasteiger partial charge in [0.15, 0.2) is 0 Å². The summed E-state index contributed by atoms with van der Waals surface area (Å²) in [6, 6.07) is 5.73. The zero-order valence-corrected chi connectivity index (χ0v) is 11.4. The number of aromatic amines is 1. The summed E-state index contributed by atoms with van der Waals surface area (Å²) in [6.45, 7) is 5.68. The Morgan fingerprint density at radius 1 is 1.33 bits per heavy atom. The van der Waals surface area contributed by atoms with Crippen molar-refractivity contribution in [2.75, 3.05) is 0 Å². The van der Waals surface area contributed by atoms with Crippen molar-refractivity contribution < 1.29 is 0 Å². The molecule has 2 aromatic rings. The predicted octanol–water partition coefficient (Wildman–Crippen LogP) is 3.27. The summed E-state index contributed by atoms with van der Waals surface area (Å²) >= 11 is 6.12. The second-order valence-electron chi connectivity index (χ2n) is 4.30. The molecule has 0 fully saturated rings. The molecule has 0 bridgehead atoms. The number of nitrogens with zero attached hydrogens (tertiary/aromatic N) is 1. The quantitative estimate of drug-likeness (QED) is 0.903. The Balaban J connectivity index is 2.66. The number of hydrogen-bond donors (Lipinski definition) is 1. The highest BCUT2D eigenvalue weighted by Crippen LogP contribution is 2.25. The third-order valence-corrected chi connectivity index (χ3v) is 3.39. The van der Waals surface area contributed by atoms with Crippen molar-refractivity contribution in [3.05, 3.63) is 50.5 Å². The molecule has 0 saturated heterocycles. The summed E-state index contributed by atoms with van der Waals surface area (Å²) in [5, 5.41) is 0.687. The normalized spacial score (nSPS) is 10.7. The second kappa shape index (κ2) is 4.94. The van der Waals surface area contributed by atoms with Crippen LogP contribution in [0.3, 0.4) is 0 Å². The smallest absolute Gasteiger partial charge is 0.254 e. The third kappa shape index (κ3) is 2.31. The van der Waals surface area contributed by atoms with Crippen molar-refractivity contribution in [2.24, 2.45) is 0 Å². The maximum absolute atomic E-state index is 11.8. The minimum Gasteiger partial charge on any atom is -0.310 e. The van der Waals surface area contributed by atoms with Gasteiger partial charge in [0.25, 0.3) is 5.56 Å². The topological polar surface area (TPSA) is 45.8 Å². The molecule has 18 heavy (non-hydrogen) atoms. The lowest BCUT2D eigenvalue weighted by atomic mass is 10.1. The Morgan fingerprint density at radius 2 is 2.06 bits per heavy atom. The molecule has 0 saturated carbocycles. The molecule has 1 aromatic heterocycles. The minimum absolute atomic E-state index is 0.0893. The SMILES string of the molecule is CCc1nc(-c2ccc(C)c(Cl)c2)c(C)c(=O)[nH]1. The van der Waals surface area contributed by atoms with E-state index in [9.17, 15) is 4.79 Å². The van der Waals surface area contributed by atoms with E-state index in [-0.39, 0.29) is 5.56 Å². The minimum atomic E-state index is -0.0893. The highest BCUT2D eigenvalue weighted by molar-refractivity contribution is 6.31. The summed E-state index contributed by atoms with van der Waals surface area (Å²) in [5.41, 5.74) is 3.13. The molecule has 1 N–H and O–H groups in total. The fraction of sp³-hybridized carbons (Fsp3) is 0.286. The number of H-pyrrole nitrogens is 1. The van der Waals surface area contributed by atoms with Crippen molar-refractivity contribution in [1.29, 1.82) is 0 Å². The number of aryl methyl sites for hydroxylation is 2. The summed E-state index contributed by atoms with van der Waals surface area (Å²) in [5.74, 6) is 0.692. The van der Waals surface area contributed by atoms with Crippen LogP contribution < -0.4 is 5.56 Å². The van der Waals surface area contributed by atoms with Gasteiger partial charge >= 0.3 is 0 Å². The highest BCUT2D eigenvalue weighted by Gasteiger charge is 2.10. The summed E-state index contributed by atoms with van der Waals surface area (Å²) in [7, 11) is 0. The molecular weight excluding hydrogens is 248 g/mol. The molecule has 0 aliphatic carbocycles. The van der Waals surface area contributed by atoms with Crippen molar-refractivity contribution in [2.45, 2.75) is 27.2 Å². The molecule has 1 aromatic carbocycles. The van der Waals surface area contributed by atoms with E-state index in [1.165, 1.54) is 0 Å². The fourth-order valence-corrected chi connectivity index (χ4v) is 1.95. The lowest BCUT2D eigenvalue weighted by Gasteiger charge is -2.08. The van der Waals surface area contributed by atoms with Crippen LogP contribution in [0.15, 0.2) is 23.0 Å². The van der Waals surface area contributed by atoms with Gasteiger partial charge in [-0.15, -0.1) is 0 Å². The number of hydrogen-bond acceptors (Lipinski definition) is 2. The van der Waals surface area contributed by atoms with Crippen LogP contribution in [0.4, 0.5) is 0 Å². The van der Waals surface area contributed by atoms with E-state index < -0.39 is 0 Å². The Bertz CT molecular complexity index is 647. The van der Waals surface area contributed by atoms with Crippen LogP contribution >= 0.6 is 11.6 Å². The number of benzene rings is 1. The van der Waals surface area contributed by atoms with Crippen LogP contribution in [-0.4, -0.2) is 9.97 Å². The van der Waals surface area contributed by atoms with Crippen LogP contribution in [0.5, 0.6) is 0 Å². The van der Waals surface area contributed by atoms with Gasteiger partial charge in [-0.1, -0.05) is 30.7 Å². The zero-order valence-electron chi connectivity index (χ0n) is 10.7. The molecule has 0 unspecified atom stereocenters. The second-order valence-corrected chi connectivity index (χ2v) is 4.71. The average molecular weight is 263 g/mol. The van der Waals surface area contributed by atoms with E-state index in [1.807, 2.05) is 32.0 Å². The number of nitrogens with one attached hydrogen (secondary N) is 1. The molecule has 3 nitrogen and oxygen atoms in total. The zero-order chi connectivity index (χ0) is 13.3. The van der Waals surface area contributed by atoms with Crippen LogP contribution in [0.2, 0.25) is 5.02 Å². The lowest BCUT2D eigenvalue weighted by Crippen LogP contribution is -2.15. The molecule has 1 heterocycles. The molecule has 0 aliphatic heterocycles. The monoisotopic (exact) mass is 262 g/mol. The Kier molecular flexibility index (Phi) is 3.53. The molecule has 4 heteroatoms. The first-order valence-electron chi connectivity index (χ1n) is 5.89. The summed E-state index contributed by atoms with van der Waals surface area (Å²) in [6.07, 6.45) is 0.697. The van der Waals surface area contributed by atoms with E-state index in [0.717, 1.165) is 11.1 Å². The number of halogens is 1. The van der Waals surface area contributed by atoms with Gasteiger partial charge in [0.2, 0.25) is 0 Å². The maximum Gasteiger partial charge on any atom is 0.254 e. The van der Waals surface area contributed by atoms with Crippen LogP contribution in [0, 0.1) is 13.8 Å². The number of aromatic nitrogens is 2. The molecule has 0 spiro atoms. The summed E-state index contributed by atoms with van der Waals surface area (Å²) in [4.78, 5) is 19.1. The van der Waals surface area contributed by atoms with Gasteiger partial charge in [-0.25, -0.2) is 4.98 Å². The van der Waals surface area contributed by atoms with Gasteiger partial charge in [-0.3, -0.25) is 4.79 Å². The van der Waals surface area contributed by atoms with E-state index >= 15 is 0 Å². The fourth-order valence-electron chi connectivity index (χ4n) is 1.77. The molecular formula is C14H15ClN2O. The van der Waals surface area contributed by atoms with Crippen molar-refractivity contribution in [3.8, 4) is 11.3 Å². The van der Waals surface area contributed by atoms with Gasteiger partial charge in [0, 0.05) is 22.6 Å². The lowest BCUT2D eigenvalue weighted by molar-refractivity contribution is 0.912. The van der Waals surface area contributed by atoms with Gasteiger partial charge in [0.1, 0.15) is 5.82 Å². The van der Waals surface area contributed by atoms with Crippen LogP contribution in [-0.2, 0) is 6.42 Å². The molecule has 2 rings (SSSR count). The molecule has 0 amide bonds. The van der Waals surface area contributed by atoms with E-state index in [1.54, 1.807) is 6.92 Å². The van der Waals surface area contributed by atoms with E-state index in [4.69, 9.17) is 11.6 Å². The van der Waals surface area contributed by atoms with Gasteiger partial charge in [0.05, 0.1) is 5.69 Å². The van der Waals surface area contributed by atoms with Crippen molar-refractivity contribution in [1.82, 2.24) is 9.97 Å². The molecule has 0 radical (unpaired) electrons. The first-order valence-corrected chi connectivity index (χ1v) is 6.27. The molecule has 94 valence electrons. The first-order chi connectivity index (χ1) is 8.52. The van der Waals surface area contributed by atoms with Gasteiger partial charge in [-0.2, -0.15) is 0 Å². The largest absolute Gasteiger partial charge is 0.310 e. The van der Waals surface area contributed by atoms with E-state index in [0.29, 0.717) is 28.5 Å². The molecule has 0 atom stereocenters. The predicted molar refractivity (Wildman–Crippen MR) is 74.2 cm³/mol. The standard InChI is InChI=1S/C14H15ClN2O/c1-4-12-16-13(9(3)14(18)17-12)10-6-5-8(2)11(15)7-10/h5-7H,4H2,1-3H3,(H,16,17,18). The van der Waals surface area contributed by atoms with Crippen LogP contribution in [0.25, 0.3) is 11.3 Å². The van der Waals surface area contributed by atoms with Crippen LogP contribution in [0.1, 0.15) is 23.9 Å². The summed E-state index contributed by atoms with van der Waals surface area (Å²) < 4.78 is 0. The Hall–Kier alpha value is -1.61. The van der Waals surface area contributed by atoms with Crippen molar-refractivity contribution in [3.63, 3.8) is 0 Å². The van der Waals surface area contributed by atoms with Gasteiger partial charge < -0.3 is 4.98 Å². The highest BCUT2D eigenvalue weighted by atomic mass is 35.5. The Morgan fingerprint density at radius 3 is 2.67 bits per heavy atom.